The summed E-state index contributed by atoms with van der Waals surface area (Å²) in [7, 11) is 1.56. The fourth-order valence-corrected chi connectivity index (χ4v) is 4.39. The third kappa shape index (κ3) is 4.12. The third-order valence-electron chi connectivity index (χ3n) is 6.02. The molecule has 2 N–H and O–H groups in total. The summed E-state index contributed by atoms with van der Waals surface area (Å²) in [6.07, 6.45) is 2.35. The van der Waals surface area contributed by atoms with Crippen molar-refractivity contribution >= 4 is 30.0 Å². The quantitative estimate of drug-likeness (QED) is 0.529. The van der Waals surface area contributed by atoms with Crippen molar-refractivity contribution in [3.8, 4) is 5.75 Å². The number of hydrazone groups is 1. The van der Waals surface area contributed by atoms with Gasteiger partial charge in [-0.1, -0.05) is 0 Å². The van der Waals surface area contributed by atoms with Crippen molar-refractivity contribution in [1.82, 2.24) is 14.9 Å². The molecule has 1 aromatic heterocycles. The van der Waals surface area contributed by atoms with Crippen LogP contribution in [0.25, 0.3) is 0 Å². The molecule has 2 aliphatic rings. The van der Waals surface area contributed by atoms with Crippen LogP contribution in [0.5, 0.6) is 5.75 Å². The third-order valence-corrected chi connectivity index (χ3v) is 6.02. The lowest BCUT2D eigenvalue weighted by Gasteiger charge is -2.23. The standard InChI is InChI=1S/C22H26FN7O2/c1-13-20(23)14(2)27-22(26-13)30-11-15-9-29(10-16(15)12-30)21(31)18-5-4-17(32-3)8-19(18)28-25-7-6-24/h4-8,15-16,24,28H,9-12H2,1-3H3/b24-6?,25-7-. The van der Waals surface area contributed by atoms with Gasteiger partial charge < -0.3 is 19.9 Å². The van der Waals surface area contributed by atoms with Gasteiger partial charge in [-0.25, -0.2) is 14.4 Å². The number of anilines is 2. The van der Waals surface area contributed by atoms with Crippen molar-refractivity contribution < 1.29 is 13.9 Å². The molecule has 2 aromatic rings. The topological polar surface area (TPSA) is 107 Å². The van der Waals surface area contributed by atoms with Crippen molar-refractivity contribution in [2.24, 2.45) is 16.9 Å². The number of amides is 1. The van der Waals surface area contributed by atoms with Gasteiger partial charge in [-0.15, -0.1) is 0 Å². The Bertz CT molecular complexity index is 1040. The van der Waals surface area contributed by atoms with Gasteiger partial charge in [-0.2, -0.15) is 5.10 Å². The molecule has 1 aromatic carbocycles. The van der Waals surface area contributed by atoms with E-state index in [9.17, 15) is 9.18 Å². The van der Waals surface area contributed by atoms with Gasteiger partial charge in [0.1, 0.15) is 5.75 Å². The molecule has 2 aliphatic heterocycles. The molecule has 0 radical (unpaired) electrons. The summed E-state index contributed by atoms with van der Waals surface area (Å²) in [5.41, 5.74) is 4.55. The number of fused-ring (bicyclic) bond motifs is 1. The van der Waals surface area contributed by atoms with Gasteiger partial charge in [-0.05, 0) is 26.0 Å². The Labute approximate surface area is 185 Å². The van der Waals surface area contributed by atoms with E-state index >= 15 is 0 Å². The van der Waals surface area contributed by atoms with Crippen molar-refractivity contribution in [3.63, 3.8) is 0 Å². The highest BCUT2D eigenvalue weighted by Gasteiger charge is 2.43. The summed E-state index contributed by atoms with van der Waals surface area (Å²) in [6.45, 7) is 6.03. The minimum absolute atomic E-state index is 0.0779. The zero-order valence-electron chi connectivity index (χ0n) is 18.3. The first kappa shape index (κ1) is 21.7. The number of methoxy groups -OCH3 is 1. The Balaban J connectivity index is 1.47. The second-order valence-electron chi connectivity index (χ2n) is 8.11. The lowest BCUT2D eigenvalue weighted by molar-refractivity contribution is 0.0783. The fourth-order valence-electron chi connectivity index (χ4n) is 4.39. The van der Waals surface area contributed by atoms with Crippen LogP contribution >= 0.6 is 0 Å². The average molecular weight is 439 g/mol. The molecular formula is C22H26FN7O2. The summed E-state index contributed by atoms with van der Waals surface area (Å²) >= 11 is 0. The van der Waals surface area contributed by atoms with E-state index in [1.807, 2.05) is 4.90 Å². The van der Waals surface area contributed by atoms with Crippen LogP contribution in [0.1, 0.15) is 21.7 Å². The van der Waals surface area contributed by atoms with Crippen LogP contribution in [0.4, 0.5) is 16.0 Å². The van der Waals surface area contributed by atoms with E-state index in [0.717, 1.165) is 19.3 Å². The molecule has 10 heteroatoms. The number of ether oxygens (including phenoxy) is 1. The highest BCUT2D eigenvalue weighted by molar-refractivity contribution is 6.14. The Morgan fingerprint density at radius 3 is 2.47 bits per heavy atom. The molecule has 0 spiro atoms. The molecule has 4 rings (SSSR count). The van der Waals surface area contributed by atoms with Crippen LogP contribution in [0.2, 0.25) is 0 Å². The highest BCUT2D eigenvalue weighted by atomic mass is 19.1. The maximum Gasteiger partial charge on any atom is 0.256 e. The van der Waals surface area contributed by atoms with E-state index in [-0.39, 0.29) is 11.7 Å². The van der Waals surface area contributed by atoms with E-state index in [4.69, 9.17) is 10.1 Å². The number of hydrogen-bond acceptors (Lipinski definition) is 8. The number of nitrogens with zero attached hydrogens (tertiary/aromatic N) is 5. The number of nitrogens with one attached hydrogen (secondary N) is 2. The number of aromatic nitrogens is 2. The Morgan fingerprint density at radius 2 is 1.88 bits per heavy atom. The molecule has 0 aliphatic carbocycles. The number of hydrogen-bond donors (Lipinski definition) is 2. The second kappa shape index (κ2) is 8.89. The van der Waals surface area contributed by atoms with Gasteiger partial charge in [0.2, 0.25) is 5.95 Å². The summed E-state index contributed by atoms with van der Waals surface area (Å²) in [4.78, 5) is 25.9. The molecule has 2 saturated heterocycles. The first-order valence-electron chi connectivity index (χ1n) is 10.4. The number of halogens is 1. The summed E-state index contributed by atoms with van der Waals surface area (Å²) < 4.78 is 19.1. The first-order valence-corrected chi connectivity index (χ1v) is 10.4. The number of benzene rings is 1. The largest absolute Gasteiger partial charge is 0.497 e. The normalized spacial score (nSPS) is 20.0. The molecular weight excluding hydrogens is 413 g/mol. The Kier molecular flexibility index (Phi) is 6.02. The van der Waals surface area contributed by atoms with E-state index in [1.165, 1.54) is 6.21 Å². The molecule has 0 saturated carbocycles. The van der Waals surface area contributed by atoms with E-state index in [2.05, 4.69) is 25.4 Å². The molecule has 32 heavy (non-hydrogen) atoms. The van der Waals surface area contributed by atoms with Crippen molar-refractivity contribution in [3.05, 3.63) is 41.0 Å². The monoisotopic (exact) mass is 439 g/mol. The van der Waals surface area contributed by atoms with Gasteiger partial charge >= 0.3 is 0 Å². The number of likely N-dealkylation sites (tertiary alicyclic amines) is 1. The van der Waals surface area contributed by atoms with Crippen LogP contribution < -0.4 is 15.1 Å². The molecule has 3 heterocycles. The van der Waals surface area contributed by atoms with Crippen molar-refractivity contribution in [2.45, 2.75) is 13.8 Å². The summed E-state index contributed by atoms with van der Waals surface area (Å²) in [5, 5.41) is 11.0. The fraction of sp³-hybridized carbons (Fsp3) is 0.409. The predicted octanol–water partition coefficient (Wildman–Crippen LogP) is 2.50. The maximum absolute atomic E-state index is 13.9. The van der Waals surface area contributed by atoms with Gasteiger partial charge in [0.25, 0.3) is 5.91 Å². The smallest absolute Gasteiger partial charge is 0.256 e. The minimum Gasteiger partial charge on any atom is -0.497 e. The van der Waals surface area contributed by atoms with Crippen LogP contribution in [-0.4, -0.2) is 66.5 Å². The lowest BCUT2D eigenvalue weighted by atomic mass is 10.0. The SMILES string of the molecule is COc1ccc(C(=O)N2CC3CN(c4nc(C)c(F)c(C)n4)CC3C2)c(N/N=C\C=N)c1. The molecule has 0 bridgehead atoms. The van der Waals surface area contributed by atoms with Gasteiger partial charge in [0, 0.05) is 50.3 Å². The van der Waals surface area contributed by atoms with Crippen molar-refractivity contribution in [1.29, 1.82) is 5.41 Å². The predicted molar refractivity (Wildman–Crippen MR) is 120 cm³/mol. The number of carbonyl (C=O) groups is 1. The molecule has 9 nitrogen and oxygen atoms in total. The van der Waals surface area contributed by atoms with Crippen LogP contribution in [-0.2, 0) is 0 Å². The van der Waals surface area contributed by atoms with E-state index < -0.39 is 0 Å². The first-order chi connectivity index (χ1) is 15.4. The zero-order chi connectivity index (χ0) is 22.8. The zero-order valence-corrected chi connectivity index (χ0v) is 18.3. The van der Waals surface area contributed by atoms with Crippen molar-refractivity contribution in [2.75, 3.05) is 43.6 Å². The molecule has 168 valence electrons. The van der Waals surface area contributed by atoms with Crippen LogP contribution in [0.15, 0.2) is 23.3 Å². The van der Waals surface area contributed by atoms with Gasteiger partial charge in [0.05, 0.1) is 36.0 Å². The molecule has 2 unspecified atom stereocenters. The van der Waals surface area contributed by atoms with Crippen LogP contribution in [0.3, 0.4) is 0 Å². The van der Waals surface area contributed by atoms with E-state index in [0.29, 0.717) is 59.3 Å². The van der Waals surface area contributed by atoms with E-state index in [1.54, 1.807) is 39.2 Å². The summed E-state index contributed by atoms with van der Waals surface area (Å²) in [6, 6.07) is 5.18. The number of carbonyl (C=O) groups excluding carboxylic acids is 1. The minimum atomic E-state index is -0.362. The van der Waals surface area contributed by atoms with Gasteiger partial charge in [0.15, 0.2) is 5.82 Å². The van der Waals surface area contributed by atoms with Gasteiger partial charge in [-0.3, -0.25) is 10.2 Å². The van der Waals surface area contributed by atoms with Crippen LogP contribution in [0, 0.1) is 36.9 Å². The molecule has 1 amide bonds. The maximum atomic E-state index is 13.9. The molecule has 2 fully saturated rings. The highest BCUT2D eigenvalue weighted by Crippen LogP contribution is 2.35. The number of rotatable bonds is 6. The molecule has 2 atom stereocenters. The average Bonchev–Trinajstić information content (AvgIpc) is 3.36. The number of aryl methyl sites for hydroxylation is 2. The lowest BCUT2D eigenvalue weighted by Crippen LogP contribution is -2.34. The Morgan fingerprint density at radius 1 is 1.22 bits per heavy atom. The second-order valence-corrected chi connectivity index (χ2v) is 8.11. The summed E-state index contributed by atoms with van der Waals surface area (Å²) in [5.74, 6) is 1.33. The Hall–Kier alpha value is -3.56.